The Morgan fingerprint density at radius 1 is 0.963 bits per heavy atom. The monoisotopic (exact) mass is 368 g/mol. The molecule has 2 aromatic carbocycles. The number of carbonyl (C=O) groups excluding carboxylic acids is 1. The van der Waals surface area contributed by atoms with Crippen molar-refractivity contribution in [1.29, 1.82) is 0 Å². The third kappa shape index (κ3) is 4.44. The number of para-hydroxylation sites is 1. The molecule has 0 aliphatic carbocycles. The number of hydrogen-bond acceptors (Lipinski definition) is 4. The minimum absolute atomic E-state index is 0.00495. The van der Waals surface area contributed by atoms with E-state index in [1.165, 1.54) is 12.1 Å². The SMILES string of the molecule is CC(C)Nc1cc(C(=O)Nc2c(F)cccc2F)nc(-c2ccccc2)n1. The van der Waals surface area contributed by atoms with E-state index in [4.69, 9.17) is 0 Å². The molecule has 0 atom stereocenters. The molecule has 7 heteroatoms. The van der Waals surface area contributed by atoms with Crippen LogP contribution in [0.1, 0.15) is 24.3 Å². The zero-order valence-electron chi connectivity index (χ0n) is 14.8. The molecular weight excluding hydrogens is 350 g/mol. The van der Waals surface area contributed by atoms with E-state index >= 15 is 0 Å². The van der Waals surface area contributed by atoms with E-state index in [-0.39, 0.29) is 11.7 Å². The highest BCUT2D eigenvalue weighted by Crippen LogP contribution is 2.21. The topological polar surface area (TPSA) is 66.9 Å². The molecular formula is C20H18F2N4O. The Hall–Kier alpha value is -3.35. The second-order valence-electron chi connectivity index (χ2n) is 6.18. The van der Waals surface area contributed by atoms with Crippen molar-refractivity contribution in [2.24, 2.45) is 0 Å². The number of nitrogens with one attached hydrogen (secondary N) is 2. The minimum Gasteiger partial charge on any atom is -0.368 e. The summed E-state index contributed by atoms with van der Waals surface area (Å²) in [4.78, 5) is 21.3. The molecule has 0 radical (unpaired) electrons. The lowest BCUT2D eigenvalue weighted by molar-refractivity contribution is 0.102. The number of carbonyl (C=O) groups is 1. The van der Waals surface area contributed by atoms with Gasteiger partial charge in [-0.25, -0.2) is 18.7 Å². The maximum atomic E-state index is 13.8. The molecule has 2 N–H and O–H groups in total. The summed E-state index contributed by atoms with van der Waals surface area (Å²) in [7, 11) is 0. The van der Waals surface area contributed by atoms with Crippen LogP contribution in [-0.4, -0.2) is 21.9 Å². The standard InChI is InChI=1S/C20H18F2N4O/c1-12(2)23-17-11-16(24-19(25-17)13-7-4-3-5-8-13)20(27)26-18-14(21)9-6-10-15(18)22/h3-12H,1-2H3,(H,26,27)(H,23,24,25). The Labute approximate surface area is 155 Å². The third-order valence-corrected chi connectivity index (χ3v) is 3.63. The first kappa shape index (κ1) is 18.4. The van der Waals surface area contributed by atoms with Gasteiger partial charge in [0, 0.05) is 17.7 Å². The van der Waals surface area contributed by atoms with Gasteiger partial charge in [-0.2, -0.15) is 0 Å². The Balaban J connectivity index is 1.99. The summed E-state index contributed by atoms with van der Waals surface area (Å²) in [5.41, 5.74) is 0.200. The Morgan fingerprint density at radius 3 is 2.26 bits per heavy atom. The van der Waals surface area contributed by atoms with Crippen molar-refractivity contribution in [3.63, 3.8) is 0 Å². The number of aromatic nitrogens is 2. The van der Waals surface area contributed by atoms with Crippen LogP contribution in [-0.2, 0) is 0 Å². The van der Waals surface area contributed by atoms with Crippen LogP contribution in [0.3, 0.4) is 0 Å². The summed E-state index contributed by atoms with van der Waals surface area (Å²) >= 11 is 0. The van der Waals surface area contributed by atoms with Gasteiger partial charge in [0.25, 0.3) is 5.91 Å². The molecule has 138 valence electrons. The van der Waals surface area contributed by atoms with E-state index in [9.17, 15) is 13.6 Å². The summed E-state index contributed by atoms with van der Waals surface area (Å²) in [6, 6.07) is 14.0. The number of halogens is 2. The quantitative estimate of drug-likeness (QED) is 0.696. The van der Waals surface area contributed by atoms with Crippen LogP contribution < -0.4 is 10.6 Å². The first-order valence-electron chi connectivity index (χ1n) is 8.40. The normalized spacial score (nSPS) is 10.7. The van der Waals surface area contributed by atoms with Crippen molar-refractivity contribution in [1.82, 2.24) is 9.97 Å². The van der Waals surface area contributed by atoms with E-state index < -0.39 is 23.2 Å². The molecule has 0 saturated carbocycles. The fraction of sp³-hybridized carbons (Fsp3) is 0.150. The number of amides is 1. The number of rotatable bonds is 5. The predicted molar refractivity (Wildman–Crippen MR) is 101 cm³/mol. The molecule has 0 spiro atoms. The number of anilines is 2. The van der Waals surface area contributed by atoms with Crippen LogP contribution in [0.25, 0.3) is 11.4 Å². The maximum Gasteiger partial charge on any atom is 0.274 e. The largest absolute Gasteiger partial charge is 0.368 e. The summed E-state index contributed by atoms with van der Waals surface area (Å²) < 4.78 is 27.6. The summed E-state index contributed by atoms with van der Waals surface area (Å²) in [6.07, 6.45) is 0. The van der Waals surface area contributed by atoms with Gasteiger partial charge < -0.3 is 10.6 Å². The highest BCUT2D eigenvalue weighted by atomic mass is 19.1. The van der Waals surface area contributed by atoms with E-state index in [0.29, 0.717) is 11.6 Å². The summed E-state index contributed by atoms with van der Waals surface area (Å²) in [6.45, 7) is 3.86. The van der Waals surface area contributed by atoms with E-state index in [1.807, 2.05) is 44.2 Å². The van der Waals surface area contributed by atoms with Gasteiger partial charge in [0.15, 0.2) is 5.82 Å². The average Bonchev–Trinajstić information content (AvgIpc) is 2.64. The van der Waals surface area contributed by atoms with Gasteiger partial charge in [-0.05, 0) is 26.0 Å². The zero-order chi connectivity index (χ0) is 19.4. The smallest absolute Gasteiger partial charge is 0.274 e. The van der Waals surface area contributed by atoms with Gasteiger partial charge in [-0.3, -0.25) is 4.79 Å². The highest BCUT2D eigenvalue weighted by molar-refractivity contribution is 6.03. The predicted octanol–water partition coefficient (Wildman–Crippen LogP) is 4.49. The molecule has 3 aromatic rings. The Bertz CT molecular complexity index is 941. The summed E-state index contributed by atoms with van der Waals surface area (Å²) in [5, 5.41) is 5.36. The minimum atomic E-state index is -0.860. The first-order valence-corrected chi connectivity index (χ1v) is 8.40. The number of hydrogen-bond donors (Lipinski definition) is 2. The first-order chi connectivity index (χ1) is 12.9. The third-order valence-electron chi connectivity index (χ3n) is 3.63. The Kier molecular flexibility index (Phi) is 5.40. The van der Waals surface area contributed by atoms with Crippen molar-refractivity contribution < 1.29 is 13.6 Å². The van der Waals surface area contributed by atoms with E-state index in [2.05, 4.69) is 20.6 Å². The van der Waals surface area contributed by atoms with Crippen LogP contribution in [0.15, 0.2) is 54.6 Å². The van der Waals surface area contributed by atoms with E-state index in [1.54, 1.807) is 0 Å². The molecule has 0 unspecified atom stereocenters. The van der Waals surface area contributed by atoms with Crippen LogP contribution >= 0.6 is 0 Å². The van der Waals surface area contributed by atoms with Gasteiger partial charge in [0.05, 0.1) is 0 Å². The van der Waals surface area contributed by atoms with Gasteiger partial charge in [-0.15, -0.1) is 0 Å². The fourth-order valence-electron chi connectivity index (χ4n) is 2.44. The van der Waals surface area contributed by atoms with Gasteiger partial charge in [0.1, 0.15) is 28.8 Å². The molecule has 0 aliphatic heterocycles. The second kappa shape index (κ2) is 7.90. The molecule has 0 saturated heterocycles. The molecule has 0 aliphatic rings. The Morgan fingerprint density at radius 2 is 1.63 bits per heavy atom. The second-order valence-corrected chi connectivity index (χ2v) is 6.18. The lowest BCUT2D eigenvalue weighted by Gasteiger charge is -2.13. The van der Waals surface area contributed by atoms with Crippen molar-refractivity contribution in [2.45, 2.75) is 19.9 Å². The molecule has 1 amide bonds. The molecule has 5 nitrogen and oxygen atoms in total. The van der Waals surface area contributed by atoms with Gasteiger partial charge >= 0.3 is 0 Å². The molecule has 1 heterocycles. The fourth-order valence-corrected chi connectivity index (χ4v) is 2.44. The van der Waals surface area contributed by atoms with Crippen molar-refractivity contribution in [3.05, 3.63) is 71.9 Å². The maximum absolute atomic E-state index is 13.8. The molecule has 3 rings (SSSR count). The lowest BCUT2D eigenvalue weighted by Crippen LogP contribution is -2.18. The molecule has 27 heavy (non-hydrogen) atoms. The van der Waals surface area contributed by atoms with E-state index in [0.717, 1.165) is 17.7 Å². The highest BCUT2D eigenvalue weighted by Gasteiger charge is 2.17. The molecule has 0 bridgehead atoms. The number of benzene rings is 2. The molecule has 1 aromatic heterocycles. The van der Waals surface area contributed by atoms with Crippen LogP contribution in [0.4, 0.5) is 20.3 Å². The van der Waals surface area contributed by atoms with Crippen LogP contribution in [0.2, 0.25) is 0 Å². The average molecular weight is 368 g/mol. The zero-order valence-corrected chi connectivity index (χ0v) is 14.8. The van der Waals surface area contributed by atoms with Crippen molar-refractivity contribution in [2.75, 3.05) is 10.6 Å². The van der Waals surface area contributed by atoms with Gasteiger partial charge in [-0.1, -0.05) is 36.4 Å². The van der Waals surface area contributed by atoms with Crippen molar-refractivity contribution in [3.8, 4) is 11.4 Å². The molecule has 0 fully saturated rings. The van der Waals surface area contributed by atoms with Crippen LogP contribution in [0, 0.1) is 11.6 Å². The van der Waals surface area contributed by atoms with Crippen molar-refractivity contribution >= 4 is 17.4 Å². The summed E-state index contributed by atoms with van der Waals surface area (Å²) in [5.74, 6) is -1.67. The van der Waals surface area contributed by atoms with Gasteiger partial charge in [0.2, 0.25) is 0 Å². The number of nitrogens with zero attached hydrogens (tertiary/aromatic N) is 2. The lowest BCUT2D eigenvalue weighted by atomic mass is 10.2. The van der Waals surface area contributed by atoms with Crippen LogP contribution in [0.5, 0.6) is 0 Å².